The van der Waals surface area contributed by atoms with Gasteiger partial charge in [-0.2, -0.15) is 0 Å². The fourth-order valence-corrected chi connectivity index (χ4v) is 2.55. The molecule has 0 unspecified atom stereocenters. The van der Waals surface area contributed by atoms with Gasteiger partial charge in [0.25, 0.3) is 0 Å². The quantitative estimate of drug-likeness (QED) is 0.649. The van der Waals surface area contributed by atoms with Crippen LogP contribution in [0, 0.1) is 11.3 Å². The molecule has 15 heavy (non-hydrogen) atoms. The predicted molar refractivity (Wildman–Crippen MR) is 64.9 cm³/mol. The summed E-state index contributed by atoms with van der Waals surface area (Å²) in [5.74, 6) is 0.830. The van der Waals surface area contributed by atoms with Gasteiger partial charge in [0.2, 0.25) is 0 Å². The Kier molecular flexibility index (Phi) is 5.62. The molecule has 1 saturated carbocycles. The van der Waals surface area contributed by atoms with Crippen molar-refractivity contribution in [3.63, 3.8) is 0 Å². The van der Waals surface area contributed by atoms with Crippen molar-refractivity contribution in [2.45, 2.75) is 52.4 Å². The Hall–Kier alpha value is -0.0800. The van der Waals surface area contributed by atoms with Crippen LogP contribution in [0.1, 0.15) is 52.4 Å². The van der Waals surface area contributed by atoms with E-state index in [0.717, 1.165) is 25.4 Å². The molecule has 0 amide bonds. The lowest BCUT2D eigenvalue weighted by Crippen LogP contribution is -2.41. The first-order chi connectivity index (χ1) is 7.26. The van der Waals surface area contributed by atoms with Crippen LogP contribution in [-0.2, 0) is 0 Å². The highest BCUT2D eigenvalue weighted by Gasteiger charge is 2.35. The highest BCUT2D eigenvalue weighted by molar-refractivity contribution is 4.89. The fraction of sp³-hybridized carbons (Fsp3) is 1.00. The third-order valence-corrected chi connectivity index (χ3v) is 4.14. The molecule has 0 aromatic rings. The van der Waals surface area contributed by atoms with E-state index in [1.807, 2.05) is 0 Å². The van der Waals surface area contributed by atoms with Gasteiger partial charge in [-0.1, -0.05) is 33.1 Å². The number of hydrogen-bond donors (Lipinski definition) is 2. The van der Waals surface area contributed by atoms with Gasteiger partial charge in [-0.25, -0.2) is 0 Å². The van der Waals surface area contributed by atoms with E-state index in [1.165, 1.54) is 32.1 Å². The van der Waals surface area contributed by atoms with Gasteiger partial charge < -0.3 is 10.4 Å². The van der Waals surface area contributed by atoms with Crippen LogP contribution >= 0.6 is 0 Å². The molecule has 1 aliphatic carbocycles. The topological polar surface area (TPSA) is 32.3 Å². The summed E-state index contributed by atoms with van der Waals surface area (Å²) in [7, 11) is 0. The van der Waals surface area contributed by atoms with Crippen molar-refractivity contribution in [3.05, 3.63) is 0 Å². The third-order valence-electron chi connectivity index (χ3n) is 4.14. The normalized spacial score (nSPS) is 19.2. The Bertz CT molecular complexity index is 162. The first-order valence-electron chi connectivity index (χ1n) is 6.58. The standard InChI is InChI=1S/C13H27NO/c1-3-12(4-2)10-14-11-13(8-9-15)6-5-7-13/h12,14-15H,3-11H2,1-2H3. The first-order valence-corrected chi connectivity index (χ1v) is 6.58. The number of aliphatic hydroxyl groups excluding tert-OH is 1. The molecule has 0 radical (unpaired) electrons. The molecule has 0 spiro atoms. The van der Waals surface area contributed by atoms with Crippen LogP contribution < -0.4 is 5.32 Å². The zero-order chi connectivity index (χ0) is 11.1. The molecular formula is C13H27NO. The van der Waals surface area contributed by atoms with E-state index in [-0.39, 0.29) is 0 Å². The zero-order valence-electron chi connectivity index (χ0n) is 10.4. The van der Waals surface area contributed by atoms with Crippen molar-refractivity contribution in [1.29, 1.82) is 0 Å². The second-order valence-electron chi connectivity index (χ2n) is 5.14. The minimum absolute atomic E-state index is 0.354. The zero-order valence-corrected chi connectivity index (χ0v) is 10.4. The maximum atomic E-state index is 9.04. The van der Waals surface area contributed by atoms with E-state index in [2.05, 4.69) is 19.2 Å². The molecule has 90 valence electrons. The molecule has 1 fully saturated rings. The van der Waals surface area contributed by atoms with E-state index >= 15 is 0 Å². The lowest BCUT2D eigenvalue weighted by molar-refractivity contribution is 0.0849. The molecule has 0 heterocycles. The van der Waals surface area contributed by atoms with Crippen molar-refractivity contribution in [2.75, 3.05) is 19.7 Å². The summed E-state index contributed by atoms with van der Waals surface area (Å²) >= 11 is 0. The number of aliphatic hydroxyl groups is 1. The minimum Gasteiger partial charge on any atom is -0.396 e. The Labute approximate surface area is 94.5 Å². The molecule has 0 saturated heterocycles. The monoisotopic (exact) mass is 213 g/mol. The van der Waals surface area contributed by atoms with E-state index in [0.29, 0.717) is 12.0 Å². The van der Waals surface area contributed by atoms with Crippen LogP contribution in [0.15, 0.2) is 0 Å². The molecule has 0 bridgehead atoms. The van der Waals surface area contributed by atoms with Crippen LogP contribution in [0.3, 0.4) is 0 Å². The van der Waals surface area contributed by atoms with Crippen molar-refractivity contribution in [2.24, 2.45) is 11.3 Å². The molecule has 0 aromatic heterocycles. The average molecular weight is 213 g/mol. The summed E-state index contributed by atoms with van der Waals surface area (Å²) in [5.41, 5.74) is 0.445. The highest BCUT2D eigenvalue weighted by atomic mass is 16.3. The van der Waals surface area contributed by atoms with Gasteiger partial charge in [0.05, 0.1) is 0 Å². The van der Waals surface area contributed by atoms with Gasteiger partial charge in [0.15, 0.2) is 0 Å². The lowest BCUT2D eigenvalue weighted by Gasteiger charge is -2.42. The Morgan fingerprint density at radius 1 is 1.27 bits per heavy atom. The lowest BCUT2D eigenvalue weighted by atomic mass is 9.66. The molecule has 0 aliphatic heterocycles. The summed E-state index contributed by atoms with van der Waals surface area (Å²) in [5, 5.41) is 12.6. The Balaban J connectivity index is 2.17. The van der Waals surface area contributed by atoms with Gasteiger partial charge in [0, 0.05) is 13.2 Å². The van der Waals surface area contributed by atoms with E-state index < -0.39 is 0 Å². The number of rotatable bonds is 8. The summed E-state index contributed by atoms with van der Waals surface area (Å²) in [6, 6.07) is 0. The van der Waals surface area contributed by atoms with Crippen LogP contribution in [0.2, 0.25) is 0 Å². The number of hydrogen-bond acceptors (Lipinski definition) is 2. The van der Waals surface area contributed by atoms with Crippen molar-refractivity contribution >= 4 is 0 Å². The molecule has 1 rings (SSSR count). The summed E-state index contributed by atoms with van der Waals surface area (Å²) in [6.07, 6.45) is 7.51. The second kappa shape index (κ2) is 6.49. The van der Waals surface area contributed by atoms with Crippen LogP contribution in [0.4, 0.5) is 0 Å². The van der Waals surface area contributed by atoms with Gasteiger partial charge in [-0.3, -0.25) is 0 Å². The molecule has 2 nitrogen and oxygen atoms in total. The van der Waals surface area contributed by atoms with Gasteiger partial charge in [-0.15, -0.1) is 0 Å². The molecule has 0 aromatic carbocycles. The second-order valence-corrected chi connectivity index (χ2v) is 5.14. The van der Waals surface area contributed by atoms with E-state index in [9.17, 15) is 0 Å². The largest absolute Gasteiger partial charge is 0.396 e. The van der Waals surface area contributed by atoms with Gasteiger partial charge >= 0.3 is 0 Å². The predicted octanol–water partition coefficient (Wildman–Crippen LogP) is 2.56. The van der Waals surface area contributed by atoms with E-state index in [1.54, 1.807) is 0 Å². The van der Waals surface area contributed by atoms with Gasteiger partial charge in [0.1, 0.15) is 0 Å². The smallest absolute Gasteiger partial charge is 0.0436 e. The Morgan fingerprint density at radius 2 is 1.93 bits per heavy atom. The fourth-order valence-electron chi connectivity index (χ4n) is 2.55. The van der Waals surface area contributed by atoms with Crippen LogP contribution in [0.25, 0.3) is 0 Å². The third kappa shape index (κ3) is 3.76. The maximum absolute atomic E-state index is 9.04. The van der Waals surface area contributed by atoms with Gasteiger partial charge in [-0.05, 0) is 37.1 Å². The molecule has 1 aliphatic rings. The van der Waals surface area contributed by atoms with Crippen LogP contribution in [-0.4, -0.2) is 24.8 Å². The van der Waals surface area contributed by atoms with E-state index in [4.69, 9.17) is 5.11 Å². The van der Waals surface area contributed by atoms with Crippen molar-refractivity contribution < 1.29 is 5.11 Å². The molecule has 0 atom stereocenters. The summed E-state index contributed by atoms with van der Waals surface area (Å²) < 4.78 is 0. The van der Waals surface area contributed by atoms with Crippen molar-refractivity contribution in [3.8, 4) is 0 Å². The average Bonchev–Trinajstić information content (AvgIpc) is 2.20. The first kappa shape index (κ1) is 13.0. The molecular weight excluding hydrogens is 186 g/mol. The van der Waals surface area contributed by atoms with Crippen molar-refractivity contribution in [1.82, 2.24) is 5.32 Å². The molecule has 2 N–H and O–H groups in total. The highest BCUT2D eigenvalue weighted by Crippen LogP contribution is 2.43. The van der Waals surface area contributed by atoms with Crippen LogP contribution in [0.5, 0.6) is 0 Å². The Morgan fingerprint density at radius 3 is 2.33 bits per heavy atom. The number of nitrogens with one attached hydrogen (secondary N) is 1. The summed E-state index contributed by atoms with van der Waals surface area (Å²) in [6.45, 7) is 7.16. The summed E-state index contributed by atoms with van der Waals surface area (Å²) in [4.78, 5) is 0. The minimum atomic E-state index is 0.354. The molecule has 2 heteroatoms. The SMILES string of the molecule is CCC(CC)CNCC1(CCO)CCC1. The maximum Gasteiger partial charge on any atom is 0.0436 e.